The number of carbonyl (C=O) groups excluding carboxylic acids is 1. The van der Waals surface area contributed by atoms with E-state index < -0.39 is 0 Å². The van der Waals surface area contributed by atoms with Crippen LogP contribution in [0.2, 0.25) is 0 Å². The Morgan fingerprint density at radius 2 is 1.83 bits per heavy atom. The highest BCUT2D eigenvalue weighted by Gasteiger charge is 2.10. The normalized spacial score (nSPS) is 10.7. The number of para-hydroxylation sites is 1. The lowest BCUT2D eigenvalue weighted by atomic mass is 10.2. The number of nitrogens with zero attached hydrogens (tertiary/aromatic N) is 2. The summed E-state index contributed by atoms with van der Waals surface area (Å²) in [5, 5.41) is 15.8. The number of halogens is 1. The monoisotopic (exact) mass is 512 g/mol. The minimum atomic E-state index is -0.315. The van der Waals surface area contributed by atoms with Gasteiger partial charge in [-0.2, -0.15) is 0 Å². The molecule has 0 unspecified atom stereocenters. The highest BCUT2D eigenvalue weighted by atomic mass is 127. The van der Waals surface area contributed by atoms with Crippen molar-refractivity contribution in [2.45, 2.75) is 13.5 Å². The van der Waals surface area contributed by atoms with Gasteiger partial charge < -0.3 is 25.4 Å². The Morgan fingerprint density at radius 3 is 2.45 bits per heavy atom. The number of ether oxygens (including phenoxy) is 1. The van der Waals surface area contributed by atoms with Crippen LogP contribution in [0, 0.1) is 0 Å². The van der Waals surface area contributed by atoms with Crippen molar-refractivity contribution in [1.82, 2.24) is 15.5 Å². The Hall–Kier alpha value is -2.49. The Balaban J connectivity index is 0.00000420. The number of hydrogen-bond donors (Lipinski definition) is 3. The van der Waals surface area contributed by atoms with E-state index in [1.165, 1.54) is 6.07 Å². The van der Waals surface area contributed by atoms with Gasteiger partial charge in [0.15, 0.2) is 5.96 Å². The van der Waals surface area contributed by atoms with Crippen LogP contribution < -0.4 is 15.4 Å². The predicted octanol–water partition coefficient (Wildman–Crippen LogP) is 2.85. The number of phenols is 1. The van der Waals surface area contributed by atoms with Crippen LogP contribution in [0.5, 0.6) is 11.5 Å². The quantitative estimate of drug-likeness (QED) is 0.219. The van der Waals surface area contributed by atoms with Crippen molar-refractivity contribution in [3.05, 3.63) is 59.7 Å². The number of amides is 1. The van der Waals surface area contributed by atoms with Crippen molar-refractivity contribution in [1.29, 1.82) is 0 Å². The van der Waals surface area contributed by atoms with Crippen LogP contribution in [0.3, 0.4) is 0 Å². The Morgan fingerprint density at radius 1 is 1.14 bits per heavy atom. The molecule has 0 saturated carbocycles. The molecule has 7 nitrogen and oxygen atoms in total. The van der Waals surface area contributed by atoms with Gasteiger partial charge in [-0.15, -0.1) is 24.0 Å². The first-order valence-corrected chi connectivity index (χ1v) is 9.23. The van der Waals surface area contributed by atoms with Crippen LogP contribution in [-0.2, 0) is 6.54 Å². The molecule has 0 radical (unpaired) electrons. The Kier molecular flexibility index (Phi) is 10.9. The molecule has 0 spiro atoms. The van der Waals surface area contributed by atoms with Crippen LogP contribution in [0.1, 0.15) is 22.8 Å². The zero-order chi connectivity index (χ0) is 20.4. The molecule has 2 rings (SSSR count). The summed E-state index contributed by atoms with van der Waals surface area (Å²) in [5.41, 5.74) is 1.40. The zero-order valence-electron chi connectivity index (χ0n) is 17.0. The fourth-order valence-electron chi connectivity index (χ4n) is 2.64. The summed E-state index contributed by atoms with van der Waals surface area (Å²) in [4.78, 5) is 18.7. The largest absolute Gasteiger partial charge is 0.507 e. The number of methoxy groups -OCH3 is 1. The average Bonchev–Trinajstić information content (AvgIpc) is 2.71. The molecule has 0 saturated heterocycles. The van der Waals surface area contributed by atoms with Gasteiger partial charge in [-0.25, -0.2) is 0 Å². The molecular weight excluding hydrogens is 483 g/mol. The fraction of sp³-hybridized carbons (Fsp3) is 0.333. The number of aromatic hydroxyl groups is 1. The van der Waals surface area contributed by atoms with E-state index in [2.05, 4.69) is 15.6 Å². The molecule has 2 aromatic rings. The second-order valence-corrected chi connectivity index (χ2v) is 6.21. The molecule has 3 N–H and O–H groups in total. The lowest BCUT2D eigenvalue weighted by Crippen LogP contribution is -2.39. The maximum Gasteiger partial charge on any atom is 0.255 e. The summed E-state index contributed by atoms with van der Waals surface area (Å²) in [6.07, 6.45) is 0. The summed E-state index contributed by atoms with van der Waals surface area (Å²) >= 11 is 0. The SMILES string of the molecule is CCNC(=NCCNC(=O)c1ccccc1O)N(C)Cc1ccc(OC)cc1.I. The molecule has 8 heteroatoms. The standard InChI is InChI=1S/C21H28N4O3.HI/c1-4-22-21(25(2)15-16-9-11-17(28-3)12-10-16)24-14-13-23-20(27)18-7-5-6-8-19(18)26;/h5-12,26H,4,13-15H2,1-3H3,(H,22,24)(H,23,27);1H. The topological polar surface area (TPSA) is 86.2 Å². The van der Waals surface area contributed by atoms with Crippen molar-refractivity contribution in [2.24, 2.45) is 4.99 Å². The van der Waals surface area contributed by atoms with E-state index in [9.17, 15) is 9.90 Å². The fourth-order valence-corrected chi connectivity index (χ4v) is 2.64. The maximum atomic E-state index is 12.1. The van der Waals surface area contributed by atoms with Gasteiger partial charge in [0.25, 0.3) is 5.91 Å². The van der Waals surface area contributed by atoms with E-state index in [4.69, 9.17) is 4.74 Å². The molecule has 158 valence electrons. The molecule has 0 atom stereocenters. The number of carbonyl (C=O) groups is 1. The van der Waals surface area contributed by atoms with Gasteiger partial charge in [0.1, 0.15) is 11.5 Å². The molecule has 0 aliphatic carbocycles. The van der Waals surface area contributed by atoms with Gasteiger partial charge in [0.2, 0.25) is 0 Å². The van der Waals surface area contributed by atoms with Crippen LogP contribution in [-0.4, -0.2) is 55.7 Å². The molecule has 0 aromatic heterocycles. The third-order valence-corrected chi connectivity index (χ3v) is 4.08. The van der Waals surface area contributed by atoms with Gasteiger partial charge in [-0.3, -0.25) is 9.79 Å². The van der Waals surface area contributed by atoms with Crippen LogP contribution in [0.15, 0.2) is 53.5 Å². The third kappa shape index (κ3) is 7.80. The minimum Gasteiger partial charge on any atom is -0.507 e. The van der Waals surface area contributed by atoms with Crippen molar-refractivity contribution in [3.63, 3.8) is 0 Å². The van der Waals surface area contributed by atoms with E-state index in [0.717, 1.165) is 23.8 Å². The number of phenolic OH excluding ortho intramolecular Hbond substituents is 1. The lowest BCUT2D eigenvalue weighted by Gasteiger charge is -2.22. The summed E-state index contributed by atoms with van der Waals surface area (Å²) < 4.78 is 5.18. The lowest BCUT2D eigenvalue weighted by molar-refractivity contribution is 0.0952. The molecule has 0 heterocycles. The minimum absolute atomic E-state index is 0. The summed E-state index contributed by atoms with van der Waals surface area (Å²) in [5.74, 6) is 1.24. The smallest absolute Gasteiger partial charge is 0.255 e. The van der Waals surface area contributed by atoms with E-state index in [1.807, 2.05) is 43.1 Å². The van der Waals surface area contributed by atoms with Crippen molar-refractivity contribution in [2.75, 3.05) is 33.8 Å². The van der Waals surface area contributed by atoms with E-state index in [1.54, 1.807) is 25.3 Å². The molecule has 0 aliphatic rings. The highest BCUT2D eigenvalue weighted by Crippen LogP contribution is 2.15. The van der Waals surface area contributed by atoms with Gasteiger partial charge in [0.05, 0.1) is 19.2 Å². The maximum absolute atomic E-state index is 12.1. The van der Waals surface area contributed by atoms with Crippen molar-refractivity contribution in [3.8, 4) is 11.5 Å². The number of hydrogen-bond acceptors (Lipinski definition) is 4. The summed E-state index contributed by atoms with van der Waals surface area (Å²) in [6, 6.07) is 14.4. The first-order chi connectivity index (χ1) is 13.5. The summed E-state index contributed by atoms with van der Waals surface area (Å²) in [7, 11) is 3.61. The Bertz CT molecular complexity index is 797. The predicted molar refractivity (Wildman–Crippen MR) is 126 cm³/mol. The molecule has 1 amide bonds. The van der Waals surface area contributed by atoms with Crippen molar-refractivity contribution < 1.29 is 14.6 Å². The second kappa shape index (κ2) is 12.9. The van der Waals surface area contributed by atoms with Gasteiger partial charge in [-0.05, 0) is 36.8 Å². The highest BCUT2D eigenvalue weighted by molar-refractivity contribution is 14.0. The van der Waals surface area contributed by atoms with Gasteiger partial charge in [-0.1, -0.05) is 24.3 Å². The van der Waals surface area contributed by atoms with E-state index in [-0.39, 0.29) is 41.2 Å². The first-order valence-electron chi connectivity index (χ1n) is 9.23. The summed E-state index contributed by atoms with van der Waals surface area (Å²) in [6.45, 7) is 4.25. The number of aliphatic imine (C=N–C) groups is 1. The number of rotatable bonds is 8. The third-order valence-electron chi connectivity index (χ3n) is 4.08. The Labute approximate surface area is 189 Å². The van der Waals surface area contributed by atoms with Crippen LogP contribution in [0.4, 0.5) is 0 Å². The molecule has 29 heavy (non-hydrogen) atoms. The number of benzene rings is 2. The van der Waals surface area contributed by atoms with E-state index >= 15 is 0 Å². The molecule has 0 bridgehead atoms. The number of guanidine groups is 1. The average molecular weight is 512 g/mol. The molecular formula is C21H29IN4O3. The van der Waals surface area contributed by atoms with Crippen LogP contribution in [0.25, 0.3) is 0 Å². The van der Waals surface area contributed by atoms with Gasteiger partial charge in [0, 0.05) is 26.7 Å². The van der Waals surface area contributed by atoms with Crippen LogP contribution >= 0.6 is 24.0 Å². The van der Waals surface area contributed by atoms with Gasteiger partial charge >= 0.3 is 0 Å². The molecule has 0 fully saturated rings. The first kappa shape index (κ1) is 24.5. The van der Waals surface area contributed by atoms with Crippen molar-refractivity contribution >= 4 is 35.8 Å². The number of nitrogens with one attached hydrogen (secondary N) is 2. The zero-order valence-corrected chi connectivity index (χ0v) is 19.3. The molecule has 0 aliphatic heterocycles. The molecule has 2 aromatic carbocycles. The second-order valence-electron chi connectivity index (χ2n) is 6.21. The van der Waals surface area contributed by atoms with E-state index in [0.29, 0.717) is 19.6 Å².